The van der Waals surface area contributed by atoms with E-state index < -0.39 is 41.7 Å². The van der Waals surface area contributed by atoms with Crippen molar-refractivity contribution in [2.75, 3.05) is 13.2 Å². The monoisotopic (exact) mass is 470 g/mol. The zero-order valence-electron chi connectivity index (χ0n) is 17.6. The molecule has 0 aromatic heterocycles. The van der Waals surface area contributed by atoms with Gasteiger partial charge in [-0.3, -0.25) is 0 Å². The van der Waals surface area contributed by atoms with Crippen molar-refractivity contribution in [3.63, 3.8) is 0 Å². The molecule has 4 rings (SSSR count). The summed E-state index contributed by atoms with van der Waals surface area (Å²) in [6.07, 6.45) is -6.47. The van der Waals surface area contributed by atoms with Crippen LogP contribution in [-0.4, -0.2) is 58.6 Å². The predicted octanol–water partition coefficient (Wildman–Crippen LogP) is 2.86. The summed E-state index contributed by atoms with van der Waals surface area (Å²) in [7, 11) is 0. The largest absolute Gasteiger partial charge is 0.491 e. The molecule has 6 nitrogen and oxygen atoms in total. The summed E-state index contributed by atoms with van der Waals surface area (Å²) in [5.41, 5.74) is -0.323. The molecule has 2 saturated heterocycles. The molecule has 2 aromatic rings. The van der Waals surface area contributed by atoms with Crippen molar-refractivity contribution in [3.8, 4) is 5.75 Å². The molecule has 2 fully saturated rings. The van der Waals surface area contributed by atoms with Gasteiger partial charge >= 0.3 is 0 Å². The second-order valence-electron chi connectivity index (χ2n) is 8.19. The van der Waals surface area contributed by atoms with E-state index in [0.717, 1.165) is 0 Å². The van der Waals surface area contributed by atoms with Crippen LogP contribution in [0.15, 0.2) is 36.4 Å². The molecule has 0 aliphatic carbocycles. The molecule has 174 valence electrons. The summed E-state index contributed by atoms with van der Waals surface area (Å²) in [5.74, 6) is -2.24. The van der Waals surface area contributed by atoms with Gasteiger partial charge in [-0.05, 0) is 55.7 Å². The minimum atomic E-state index is -1.89. The fourth-order valence-corrected chi connectivity index (χ4v) is 4.54. The average Bonchev–Trinajstić information content (AvgIpc) is 3.16. The van der Waals surface area contributed by atoms with Crippen molar-refractivity contribution in [1.29, 1.82) is 0 Å². The Morgan fingerprint density at radius 3 is 2.59 bits per heavy atom. The van der Waals surface area contributed by atoms with E-state index in [-0.39, 0.29) is 18.8 Å². The topological polar surface area (TPSA) is 88.4 Å². The normalized spacial score (nSPS) is 32.7. The molecule has 32 heavy (non-hydrogen) atoms. The molecular formula is C23H25ClF2O6. The molecule has 0 unspecified atom stereocenters. The van der Waals surface area contributed by atoms with Gasteiger partial charge in [0.15, 0.2) is 17.2 Å². The van der Waals surface area contributed by atoms with Gasteiger partial charge in [0.25, 0.3) is 0 Å². The molecule has 2 aromatic carbocycles. The van der Waals surface area contributed by atoms with E-state index >= 15 is 0 Å². The van der Waals surface area contributed by atoms with E-state index in [1.807, 2.05) is 0 Å². The lowest BCUT2D eigenvalue weighted by Gasteiger charge is -2.47. The highest BCUT2D eigenvalue weighted by Crippen LogP contribution is 2.51. The molecule has 2 bridgehead atoms. The Kier molecular flexibility index (Phi) is 6.21. The first-order valence-electron chi connectivity index (χ1n) is 10.4. The number of rotatable bonds is 6. The third kappa shape index (κ3) is 3.59. The van der Waals surface area contributed by atoms with Gasteiger partial charge in [-0.1, -0.05) is 23.7 Å². The van der Waals surface area contributed by atoms with Gasteiger partial charge in [-0.15, -0.1) is 0 Å². The molecule has 2 heterocycles. The van der Waals surface area contributed by atoms with Crippen LogP contribution in [0, 0.1) is 5.82 Å². The Balaban J connectivity index is 1.69. The Bertz CT molecular complexity index is 1000. The van der Waals surface area contributed by atoms with Crippen molar-refractivity contribution >= 4 is 11.6 Å². The fraction of sp³-hybridized carbons (Fsp3) is 0.478. The third-order valence-corrected chi connectivity index (χ3v) is 6.57. The number of hydrogen-bond donors (Lipinski definition) is 3. The van der Waals surface area contributed by atoms with Crippen LogP contribution in [-0.2, 0) is 21.7 Å². The van der Waals surface area contributed by atoms with E-state index in [4.69, 9.17) is 25.8 Å². The molecule has 0 amide bonds. The summed E-state index contributed by atoms with van der Waals surface area (Å²) in [6, 6.07) is 9.29. The van der Waals surface area contributed by atoms with Crippen LogP contribution in [0.5, 0.6) is 5.75 Å². The number of halogens is 3. The lowest BCUT2D eigenvalue weighted by Crippen LogP contribution is -2.66. The van der Waals surface area contributed by atoms with E-state index in [2.05, 4.69) is 0 Å². The van der Waals surface area contributed by atoms with E-state index in [1.165, 1.54) is 25.1 Å². The highest BCUT2D eigenvalue weighted by Gasteiger charge is 2.69. The lowest BCUT2D eigenvalue weighted by atomic mass is 9.81. The van der Waals surface area contributed by atoms with Gasteiger partial charge in [0.1, 0.15) is 24.5 Å². The Hall–Kier alpha value is -1.81. The van der Waals surface area contributed by atoms with Gasteiger partial charge < -0.3 is 29.5 Å². The van der Waals surface area contributed by atoms with Crippen molar-refractivity contribution < 1.29 is 38.3 Å². The molecule has 6 atom stereocenters. The first kappa shape index (κ1) is 23.4. The zero-order chi connectivity index (χ0) is 23.3. The van der Waals surface area contributed by atoms with Gasteiger partial charge in [0, 0.05) is 10.6 Å². The molecule has 2 aliphatic rings. The molecule has 9 heteroatoms. The van der Waals surface area contributed by atoms with Gasteiger partial charge in [0.05, 0.1) is 13.2 Å². The van der Waals surface area contributed by atoms with Crippen molar-refractivity contribution in [3.05, 3.63) is 63.9 Å². The predicted molar refractivity (Wildman–Crippen MR) is 112 cm³/mol. The number of aliphatic hydroxyl groups is 3. The minimum Gasteiger partial charge on any atom is -0.491 e. The third-order valence-electron chi connectivity index (χ3n) is 6.20. The van der Waals surface area contributed by atoms with Gasteiger partial charge in [0.2, 0.25) is 5.79 Å². The maximum atomic E-state index is 14.4. The summed E-state index contributed by atoms with van der Waals surface area (Å²) in [5, 5.41) is 31.9. The fourth-order valence-electron chi connectivity index (χ4n) is 4.36. The minimum absolute atomic E-state index is 0.150. The summed E-state index contributed by atoms with van der Waals surface area (Å²) in [6.45, 7) is 2.94. The van der Waals surface area contributed by atoms with E-state index in [9.17, 15) is 24.1 Å². The van der Waals surface area contributed by atoms with Crippen molar-refractivity contribution in [2.24, 2.45) is 0 Å². The number of hydrogen-bond acceptors (Lipinski definition) is 6. The van der Waals surface area contributed by atoms with Crippen LogP contribution in [0.2, 0.25) is 5.02 Å². The SMILES string of the molecule is CCOc1ccc(Cc2cc([C@]34OC[C@]([C@@H](C)F)(O3)[C@@H](O)[C@H](O)[C@H]4O)ccc2Cl)cc1F. The highest BCUT2D eigenvalue weighted by molar-refractivity contribution is 6.31. The number of benzene rings is 2. The van der Waals surface area contributed by atoms with Crippen LogP contribution in [0.25, 0.3) is 0 Å². The zero-order valence-corrected chi connectivity index (χ0v) is 18.4. The molecule has 2 aliphatic heterocycles. The lowest BCUT2D eigenvalue weighted by molar-refractivity contribution is -0.333. The molecule has 0 spiro atoms. The van der Waals surface area contributed by atoms with Crippen LogP contribution in [0.3, 0.4) is 0 Å². The maximum absolute atomic E-state index is 14.4. The smallest absolute Gasteiger partial charge is 0.225 e. The van der Waals surface area contributed by atoms with E-state index in [1.54, 1.807) is 25.1 Å². The first-order valence-corrected chi connectivity index (χ1v) is 10.7. The van der Waals surface area contributed by atoms with Crippen LogP contribution >= 0.6 is 11.6 Å². The summed E-state index contributed by atoms with van der Waals surface area (Å²) in [4.78, 5) is 0. The second-order valence-corrected chi connectivity index (χ2v) is 8.60. The molecule has 0 saturated carbocycles. The Morgan fingerprint density at radius 2 is 1.94 bits per heavy atom. The Labute approximate surface area is 189 Å². The maximum Gasteiger partial charge on any atom is 0.225 e. The van der Waals surface area contributed by atoms with Crippen molar-refractivity contribution in [1.82, 2.24) is 0 Å². The molecular weight excluding hydrogens is 446 g/mol. The first-order chi connectivity index (χ1) is 15.1. The average molecular weight is 471 g/mol. The summed E-state index contributed by atoms with van der Waals surface area (Å²) < 4.78 is 45.5. The van der Waals surface area contributed by atoms with Gasteiger partial charge in [-0.2, -0.15) is 0 Å². The number of fused-ring (bicyclic) bond motifs is 2. The molecule has 0 radical (unpaired) electrons. The Morgan fingerprint density at radius 1 is 1.19 bits per heavy atom. The van der Waals surface area contributed by atoms with Crippen molar-refractivity contribution in [2.45, 2.75) is 56.1 Å². The van der Waals surface area contributed by atoms with Crippen LogP contribution in [0.4, 0.5) is 8.78 Å². The molecule has 3 N–H and O–H groups in total. The number of aliphatic hydroxyl groups excluding tert-OH is 3. The standard InChI is InChI=1S/C23H25ClF2O6/c1-3-30-18-7-4-13(9-17(18)26)8-14-10-15(5-6-16(14)24)23-21(29)19(27)20(28)22(32-23,11-31-23)12(2)25/h4-7,9-10,12,19-21,27-29H,3,8,11H2,1-2H3/t12-,19+,20+,21-,22-,23+/m1/s1. The summed E-state index contributed by atoms with van der Waals surface area (Å²) >= 11 is 6.36. The van der Waals surface area contributed by atoms with Gasteiger partial charge in [-0.25, -0.2) is 8.78 Å². The van der Waals surface area contributed by atoms with Crippen LogP contribution in [0.1, 0.15) is 30.5 Å². The number of ether oxygens (including phenoxy) is 3. The highest BCUT2D eigenvalue weighted by atomic mass is 35.5. The second kappa shape index (κ2) is 8.52. The number of alkyl halides is 1. The quantitative estimate of drug-likeness (QED) is 0.601. The van der Waals surface area contributed by atoms with Crippen LogP contribution < -0.4 is 4.74 Å². The van der Waals surface area contributed by atoms with E-state index in [0.29, 0.717) is 28.3 Å².